The summed E-state index contributed by atoms with van der Waals surface area (Å²) in [4.78, 5) is 21.5. The Bertz CT molecular complexity index is 1200. The first-order chi connectivity index (χ1) is 14.4. The lowest BCUT2D eigenvalue weighted by Crippen LogP contribution is -2.14. The van der Waals surface area contributed by atoms with Crippen LogP contribution in [-0.2, 0) is 0 Å². The third-order valence-electron chi connectivity index (χ3n) is 4.67. The Labute approximate surface area is 177 Å². The molecule has 8 heteroatoms. The van der Waals surface area contributed by atoms with Crippen molar-refractivity contribution < 1.29 is 9.18 Å². The van der Waals surface area contributed by atoms with E-state index in [2.05, 4.69) is 34.2 Å². The van der Waals surface area contributed by atoms with Gasteiger partial charge in [0.05, 0.1) is 11.2 Å². The molecule has 0 fully saturated rings. The Kier molecular flexibility index (Phi) is 5.41. The van der Waals surface area contributed by atoms with Crippen molar-refractivity contribution >= 4 is 22.2 Å². The van der Waals surface area contributed by atoms with Gasteiger partial charge in [-0.1, -0.05) is 32.0 Å². The van der Waals surface area contributed by atoms with E-state index in [0.29, 0.717) is 28.0 Å². The number of para-hydroxylation sites is 1. The van der Waals surface area contributed by atoms with E-state index in [1.165, 1.54) is 23.5 Å². The Morgan fingerprint density at radius 1 is 1.13 bits per heavy atom. The third-order valence-corrected chi connectivity index (χ3v) is 5.41. The van der Waals surface area contributed by atoms with Crippen molar-refractivity contribution in [2.45, 2.75) is 26.7 Å². The van der Waals surface area contributed by atoms with Crippen LogP contribution in [0.3, 0.4) is 0 Å². The third kappa shape index (κ3) is 3.86. The fourth-order valence-electron chi connectivity index (χ4n) is 3.19. The van der Waals surface area contributed by atoms with Crippen LogP contribution in [0.5, 0.6) is 0 Å². The molecule has 2 aromatic carbocycles. The van der Waals surface area contributed by atoms with Gasteiger partial charge in [0.15, 0.2) is 0 Å². The van der Waals surface area contributed by atoms with Gasteiger partial charge >= 0.3 is 0 Å². The maximum Gasteiger partial charge on any atom is 0.296 e. The molecule has 152 valence electrons. The number of halogens is 1. The van der Waals surface area contributed by atoms with Crippen molar-refractivity contribution in [2.24, 2.45) is 0 Å². The minimum atomic E-state index is -0.425. The molecule has 0 saturated heterocycles. The van der Waals surface area contributed by atoms with Crippen LogP contribution >= 0.6 is 11.3 Å². The summed E-state index contributed by atoms with van der Waals surface area (Å²) in [7, 11) is 0. The van der Waals surface area contributed by atoms with E-state index in [4.69, 9.17) is 0 Å². The fourth-order valence-corrected chi connectivity index (χ4v) is 3.89. The molecule has 0 bridgehead atoms. The summed E-state index contributed by atoms with van der Waals surface area (Å²) in [5, 5.41) is 7.84. The second-order valence-electron chi connectivity index (χ2n) is 7.10. The molecule has 2 heterocycles. The van der Waals surface area contributed by atoms with Gasteiger partial charge < -0.3 is 5.32 Å². The molecule has 4 aromatic rings. The van der Waals surface area contributed by atoms with E-state index in [1.54, 1.807) is 22.3 Å². The second-order valence-corrected chi connectivity index (χ2v) is 7.95. The average molecular weight is 422 g/mol. The van der Waals surface area contributed by atoms with Crippen molar-refractivity contribution in [3.8, 4) is 16.9 Å². The maximum absolute atomic E-state index is 13.2. The monoisotopic (exact) mass is 421 g/mol. The van der Waals surface area contributed by atoms with Crippen molar-refractivity contribution in [3.05, 3.63) is 77.1 Å². The molecule has 4 rings (SSSR count). The number of benzene rings is 2. The van der Waals surface area contributed by atoms with E-state index in [9.17, 15) is 9.18 Å². The molecular weight excluding hydrogens is 401 g/mol. The van der Waals surface area contributed by atoms with Crippen LogP contribution in [0.4, 0.5) is 9.39 Å². The van der Waals surface area contributed by atoms with Crippen LogP contribution in [-0.4, -0.2) is 25.7 Å². The number of hydrogen-bond donors (Lipinski definition) is 1. The molecule has 2 aromatic heterocycles. The van der Waals surface area contributed by atoms with Crippen LogP contribution < -0.4 is 5.32 Å². The summed E-state index contributed by atoms with van der Waals surface area (Å²) < 4.78 is 14.9. The van der Waals surface area contributed by atoms with Gasteiger partial charge in [0.2, 0.25) is 5.82 Å². The van der Waals surface area contributed by atoms with Gasteiger partial charge in [-0.25, -0.2) is 19.0 Å². The van der Waals surface area contributed by atoms with Crippen LogP contribution in [0, 0.1) is 12.7 Å². The minimum Gasteiger partial charge on any atom is -0.309 e. The van der Waals surface area contributed by atoms with E-state index in [1.807, 2.05) is 31.2 Å². The summed E-state index contributed by atoms with van der Waals surface area (Å²) >= 11 is 1.29. The first-order valence-corrected chi connectivity index (χ1v) is 10.4. The molecule has 30 heavy (non-hydrogen) atoms. The highest BCUT2D eigenvalue weighted by molar-refractivity contribution is 7.14. The van der Waals surface area contributed by atoms with Gasteiger partial charge in [-0.2, -0.15) is 0 Å². The predicted octanol–water partition coefficient (Wildman–Crippen LogP) is 5.21. The standard InChI is InChI=1S/C22H20FN5OS/c1-13(2)17-6-4-5-7-18(17)28-14(3)25-20(27-28)21(29)26-22-19(24-12-30-22)15-8-10-16(23)11-9-15/h4-13H,1-3H3,(H,26,29). The first-order valence-electron chi connectivity index (χ1n) is 9.47. The van der Waals surface area contributed by atoms with Gasteiger partial charge in [0.25, 0.3) is 5.91 Å². The Morgan fingerprint density at radius 3 is 2.60 bits per heavy atom. The zero-order valence-electron chi connectivity index (χ0n) is 16.8. The maximum atomic E-state index is 13.2. The molecule has 1 amide bonds. The zero-order chi connectivity index (χ0) is 21.3. The van der Waals surface area contributed by atoms with Gasteiger partial charge in [0.1, 0.15) is 22.3 Å². The number of carbonyl (C=O) groups excluding carboxylic acids is 1. The number of nitrogens with one attached hydrogen (secondary N) is 1. The lowest BCUT2D eigenvalue weighted by Gasteiger charge is -2.12. The lowest BCUT2D eigenvalue weighted by molar-refractivity contribution is 0.101. The summed E-state index contributed by atoms with van der Waals surface area (Å²) in [6.45, 7) is 6.04. The Hall–Kier alpha value is -3.39. The largest absolute Gasteiger partial charge is 0.309 e. The lowest BCUT2D eigenvalue weighted by atomic mass is 10.0. The molecule has 0 atom stereocenters. The quantitative estimate of drug-likeness (QED) is 0.480. The summed E-state index contributed by atoms with van der Waals surface area (Å²) in [6, 6.07) is 13.9. The normalized spacial score (nSPS) is 11.1. The topological polar surface area (TPSA) is 72.7 Å². The SMILES string of the molecule is Cc1nc(C(=O)Nc2scnc2-c2ccc(F)cc2)nn1-c1ccccc1C(C)C. The average Bonchev–Trinajstić information content (AvgIpc) is 3.35. The zero-order valence-corrected chi connectivity index (χ0v) is 17.6. The van der Waals surface area contributed by atoms with Crippen LogP contribution in [0.25, 0.3) is 16.9 Å². The Morgan fingerprint density at radius 2 is 1.87 bits per heavy atom. The van der Waals surface area contributed by atoms with Gasteiger partial charge in [-0.3, -0.25) is 4.79 Å². The van der Waals surface area contributed by atoms with E-state index in [0.717, 1.165) is 11.3 Å². The highest BCUT2D eigenvalue weighted by atomic mass is 32.1. The number of anilines is 1. The molecule has 0 aliphatic rings. The number of nitrogens with zero attached hydrogens (tertiary/aromatic N) is 4. The molecule has 0 radical (unpaired) electrons. The van der Waals surface area contributed by atoms with E-state index >= 15 is 0 Å². The second kappa shape index (κ2) is 8.16. The smallest absolute Gasteiger partial charge is 0.296 e. The first kappa shape index (κ1) is 19.9. The van der Waals surface area contributed by atoms with Crippen LogP contribution in [0.1, 0.15) is 41.8 Å². The van der Waals surface area contributed by atoms with Gasteiger partial charge in [-0.05, 0) is 48.7 Å². The van der Waals surface area contributed by atoms with Crippen molar-refractivity contribution in [2.75, 3.05) is 5.32 Å². The van der Waals surface area contributed by atoms with Crippen molar-refractivity contribution in [1.29, 1.82) is 0 Å². The predicted molar refractivity (Wildman–Crippen MR) is 116 cm³/mol. The minimum absolute atomic E-state index is 0.0736. The Balaban J connectivity index is 1.62. The summed E-state index contributed by atoms with van der Waals surface area (Å²) in [5.74, 6) is 0.247. The molecule has 0 saturated carbocycles. The fraction of sp³-hybridized carbons (Fsp3) is 0.182. The molecule has 0 aliphatic heterocycles. The van der Waals surface area contributed by atoms with Crippen molar-refractivity contribution in [1.82, 2.24) is 19.7 Å². The number of carbonyl (C=O) groups is 1. The number of aryl methyl sites for hydroxylation is 1. The number of aromatic nitrogens is 4. The molecule has 6 nitrogen and oxygen atoms in total. The molecule has 1 N–H and O–H groups in total. The summed E-state index contributed by atoms with van der Waals surface area (Å²) in [6.07, 6.45) is 0. The van der Waals surface area contributed by atoms with Crippen LogP contribution in [0.2, 0.25) is 0 Å². The van der Waals surface area contributed by atoms with Crippen molar-refractivity contribution in [3.63, 3.8) is 0 Å². The van der Waals surface area contributed by atoms with E-state index in [-0.39, 0.29) is 11.6 Å². The number of hydrogen-bond acceptors (Lipinski definition) is 5. The molecule has 0 aliphatic carbocycles. The summed E-state index contributed by atoms with van der Waals surface area (Å²) in [5.41, 5.74) is 4.95. The molecule has 0 spiro atoms. The number of rotatable bonds is 5. The highest BCUT2D eigenvalue weighted by Gasteiger charge is 2.20. The molecular formula is C22H20FN5OS. The highest BCUT2D eigenvalue weighted by Crippen LogP contribution is 2.31. The number of thiazole rings is 1. The van der Waals surface area contributed by atoms with E-state index < -0.39 is 5.91 Å². The van der Waals surface area contributed by atoms with Gasteiger partial charge in [0, 0.05) is 5.56 Å². The van der Waals surface area contributed by atoms with Crippen LogP contribution in [0.15, 0.2) is 54.0 Å². The van der Waals surface area contributed by atoms with Gasteiger partial charge in [-0.15, -0.1) is 16.4 Å². The number of amides is 1. The molecule has 0 unspecified atom stereocenters.